The quantitative estimate of drug-likeness (QED) is 0.582. The fraction of sp³-hybridized carbons (Fsp3) is 0.600. The molecule has 1 aromatic heterocycles. The number of pyridine rings is 1. The van der Waals surface area contributed by atoms with Gasteiger partial charge in [0.15, 0.2) is 0 Å². The molecule has 0 aromatic carbocycles. The molecule has 19 heavy (non-hydrogen) atoms. The first-order valence-electron chi connectivity index (χ1n) is 6.83. The number of hydrogen-bond donors (Lipinski definition) is 1. The van der Waals surface area contributed by atoms with Crippen molar-refractivity contribution < 1.29 is 0 Å². The van der Waals surface area contributed by atoms with Gasteiger partial charge in [0.25, 0.3) is 0 Å². The van der Waals surface area contributed by atoms with Crippen molar-refractivity contribution in [1.29, 1.82) is 5.26 Å². The maximum Gasteiger partial charge on any atom is 0.106 e. The number of nitrogens with zero attached hydrogens (tertiary/aromatic N) is 2. The molecule has 3 nitrogen and oxygen atoms in total. The molecule has 0 fully saturated rings. The molecule has 0 aliphatic rings. The lowest BCUT2D eigenvalue weighted by molar-refractivity contribution is 0.341. The SMILES string of the molecule is CCC(C#N)(CCCSc1ccncc1)NC(C)C. The van der Waals surface area contributed by atoms with E-state index in [0.717, 1.165) is 25.0 Å². The first-order chi connectivity index (χ1) is 9.12. The summed E-state index contributed by atoms with van der Waals surface area (Å²) in [5.74, 6) is 1.03. The Balaban J connectivity index is 2.39. The molecule has 1 aromatic rings. The van der Waals surface area contributed by atoms with Gasteiger partial charge < -0.3 is 0 Å². The van der Waals surface area contributed by atoms with Gasteiger partial charge in [0.05, 0.1) is 6.07 Å². The van der Waals surface area contributed by atoms with Crippen LogP contribution in [0.15, 0.2) is 29.4 Å². The summed E-state index contributed by atoms with van der Waals surface area (Å²) in [4.78, 5) is 5.25. The molecule has 1 unspecified atom stereocenters. The lowest BCUT2D eigenvalue weighted by Crippen LogP contribution is -2.47. The Morgan fingerprint density at radius 1 is 1.42 bits per heavy atom. The molecule has 0 radical (unpaired) electrons. The van der Waals surface area contributed by atoms with Crippen molar-refractivity contribution in [2.45, 2.75) is 56.5 Å². The molecule has 1 N–H and O–H groups in total. The first kappa shape index (κ1) is 16.0. The molecule has 0 spiro atoms. The highest BCUT2D eigenvalue weighted by Gasteiger charge is 2.27. The Labute approximate surface area is 120 Å². The first-order valence-corrected chi connectivity index (χ1v) is 7.82. The summed E-state index contributed by atoms with van der Waals surface area (Å²) < 4.78 is 0. The van der Waals surface area contributed by atoms with Gasteiger partial charge in [0, 0.05) is 23.3 Å². The molecule has 1 atom stereocenters. The predicted octanol–water partition coefficient (Wildman–Crippen LogP) is 3.62. The number of aromatic nitrogens is 1. The van der Waals surface area contributed by atoms with Crippen LogP contribution in [0.2, 0.25) is 0 Å². The van der Waals surface area contributed by atoms with E-state index in [2.05, 4.69) is 37.1 Å². The minimum atomic E-state index is -0.368. The molecule has 104 valence electrons. The molecule has 0 saturated carbocycles. The zero-order chi connectivity index (χ0) is 14.1. The topological polar surface area (TPSA) is 48.7 Å². The van der Waals surface area contributed by atoms with Crippen LogP contribution < -0.4 is 5.32 Å². The molecule has 4 heteroatoms. The third-order valence-corrected chi connectivity index (χ3v) is 4.15. The summed E-state index contributed by atoms with van der Waals surface area (Å²) in [6, 6.07) is 6.85. The van der Waals surface area contributed by atoms with E-state index in [4.69, 9.17) is 0 Å². The maximum absolute atomic E-state index is 9.41. The maximum atomic E-state index is 9.41. The fourth-order valence-electron chi connectivity index (χ4n) is 2.07. The van der Waals surface area contributed by atoms with Gasteiger partial charge in [-0.3, -0.25) is 10.3 Å². The smallest absolute Gasteiger partial charge is 0.106 e. The van der Waals surface area contributed by atoms with Crippen LogP contribution in [-0.2, 0) is 0 Å². The fourth-order valence-corrected chi connectivity index (χ4v) is 2.91. The zero-order valence-corrected chi connectivity index (χ0v) is 12.8. The second-order valence-electron chi connectivity index (χ2n) is 4.98. The molecule has 0 aliphatic carbocycles. The number of nitriles is 1. The van der Waals surface area contributed by atoms with E-state index in [1.165, 1.54) is 4.90 Å². The van der Waals surface area contributed by atoms with Crippen molar-refractivity contribution in [2.24, 2.45) is 0 Å². The summed E-state index contributed by atoms with van der Waals surface area (Å²) in [7, 11) is 0. The average molecular weight is 277 g/mol. The molecule has 1 rings (SSSR count). The average Bonchev–Trinajstić information content (AvgIpc) is 2.43. The molecular weight excluding hydrogens is 254 g/mol. The number of hydrogen-bond acceptors (Lipinski definition) is 4. The minimum absolute atomic E-state index is 0.340. The van der Waals surface area contributed by atoms with Crippen LogP contribution in [0.4, 0.5) is 0 Å². The van der Waals surface area contributed by atoms with Crippen molar-refractivity contribution in [2.75, 3.05) is 5.75 Å². The molecule has 0 amide bonds. The lowest BCUT2D eigenvalue weighted by Gasteiger charge is -2.29. The van der Waals surface area contributed by atoms with Crippen molar-refractivity contribution in [3.05, 3.63) is 24.5 Å². The highest BCUT2D eigenvalue weighted by molar-refractivity contribution is 7.99. The molecule has 0 aliphatic heterocycles. The normalized spacial score (nSPS) is 14.1. The molecule has 0 bridgehead atoms. The molecule has 1 heterocycles. The lowest BCUT2D eigenvalue weighted by atomic mass is 9.91. The highest BCUT2D eigenvalue weighted by atomic mass is 32.2. The van der Waals surface area contributed by atoms with E-state index >= 15 is 0 Å². The van der Waals surface area contributed by atoms with Gasteiger partial charge in [-0.25, -0.2) is 0 Å². The van der Waals surface area contributed by atoms with E-state index < -0.39 is 0 Å². The van der Waals surface area contributed by atoms with Crippen LogP contribution in [0.5, 0.6) is 0 Å². The van der Waals surface area contributed by atoms with Crippen LogP contribution in [0, 0.1) is 11.3 Å². The van der Waals surface area contributed by atoms with Gasteiger partial charge in [-0.05, 0) is 51.0 Å². The van der Waals surface area contributed by atoms with Gasteiger partial charge in [0.2, 0.25) is 0 Å². The highest BCUT2D eigenvalue weighted by Crippen LogP contribution is 2.22. The number of nitrogens with one attached hydrogen (secondary N) is 1. The number of rotatable bonds is 8. The zero-order valence-electron chi connectivity index (χ0n) is 12.0. The molecule has 0 saturated heterocycles. The van der Waals surface area contributed by atoms with Gasteiger partial charge >= 0.3 is 0 Å². The third kappa shape index (κ3) is 5.63. The van der Waals surface area contributed by atoms with E-state index in [9.17, 15) is 5.26 Å². The van der Waals surface area contributed by atoms with Crippen molar-refractivity contribution in [3.8, 4) is 6.07 Å². The van der Waals surface area contributed by atoms with Crippen LogP contribution in [0.3, 0.4) is 0 Å². The summed E-state index contributed by atoms with van der Waals surface area (Å²) in [6.07, 6.45) is 6.41. The van der Waals surface area contributed by atoms with Crippen LogP contribution >= 0.6 is 11.8 Å². The second-order valence-corrected chi connectivity index (χ2v) is 6.15. The van der Waals surface area contributed by atoms with Crippen LogP contribution in [-0.4, -0.2) is 22.3 Å². The Kier molecular flexibility index (Phi) is 6.90. The summed E-state index contributed by atoms with van der Waals surface area (Å²) >= 11 is 1.82. The van der Waals surface area contributed by atoms with E-state index in [1.54, 1.807) is 0 Å². The Morgan fingerprint density at radius 3 is 2.63 bits per heavy atom. The van der Waals surface area contributed by atoms with Gasteiger partial charge in [-0.1, -0.05) is 6.92 Å². The van der Waals surface area contributed by atoms with Crippen LogP contribution in [0.25, 0.3) is 0 Å². The summed E-state index contributed by atoms with van der Waals surface area (Å²) in [6.45, 7) is 6.26. The summed E-state index contributed by atoms with van der Waals surface area (Å²) in [5, 5.41) is 12.8. The molecular formula is C15H23N3S. The van der Waals surface area contributed by atoms with Crippen molar-refractivity contribution in [1.82, 2.24) is 10.3 Å². The van der Waals surface area contributed by atoms with Crippen LogP contribution in [0.1, 0.15) is 40.0 Å². The van der Waals surface area contributed by atoms with Gasteiger partial charge in [-0.15, -0.1) is 11.8 Å². The largest absolute Gasteiger partial charge is 0.297 e. The van der Waals surface area contributed by atoms with E-state index in [1.807, 2.05) is 36.3 Å². The second kappa shape index (κ2) is 8.19. The minimum Gasteiger partial charge on any atom is -0.297 e. The van der Waals surface area contributed by atoms with E-state index in [-0.39, 0.29) is 5.54 Å². The number of thioether (sulfide) groups is 1. The summed E-state index contributed by atoms with van der Waals surface area (Å²) in [5.41, 5.74) is -0.368. The predicted molar refractivity (Wildman–Crippen MR) is 81.1 cm³/mol. The monoisotopic (exact) mass is 277 g/mol. The third-order valence-electron chi connectivity index (χ3n) is 3.05. The van der Waals surface area contributed by atoms with Gasteiger partial charge in [0.1, 0.15) is 5.54 Å². The van der Waals surface area contributed by atoms with Gasteiger partial charge in [-0.2, -0.15) is 5.26 Å². The van der Waals surface area contributed by atoms with E-state index in [0.29, 0.717) is 6.04 Å². The standard InChI is InChI=1S/C15H23N3S/c1-4-15(12-16,18-13(2)3)8-5-11-19-14-6-9-17-10-7-14/h6-7,9-10,13,18H,4-5,8,11H2,1-3H3. The Morgan fingerprint density at radius 2 is 2.11 bits per heavy atom. The van der Waals surface area contributed by atoms with Crippen molar-refractivity contribution >= 4 is 11.8 Å². The van der Waals surface area contributed by atoms with Crippen molar-refractivity contribution in [3.63, 3.8) is 0 Å². The Bertz CT molecular complexity index is 400. The Hall–Kier alpha value is -1.05.